The Kier molecular flexibility index (Phi) is 4.10. The van der Waals surface area contributed by atoms with Crippen molar-refractivity contribution in [1.29, 1.82) is 0 Å². The van der Waals surface area contributed by atoms with E-state index in [0.29, 0.717) is 25.8 Å². The summed E-state index contributed by atoms with van der Waals surface area (Å²) in [6.07, 6.45) is 3.76. The second-order valence-electron chi connectivity index (χ2n) is 5.20. The molecule has 0 spiro atoms. The van der Waals surface area contributed by atoms with Crippen LogP contribution in [0.2, 0.25) is 0 Å². The van der Waals surface area contributed by atoms with Crippen LogP contribution in [0.15, 0.2) is 24.4 Å². The molecule has 0 fully saturated rings. The standard InChI is InChI=1S/C16H21N3O2/c1-2-12(3-5-17)19-16-13-10-15-14(20-7-8-21-15)9-11(13)4-6-18-16/h4,6,9-10,12H,2-3,5,7-8,17H2,1H3,(H,18,19). The molecule has 1 atom stereocenters. The van der Waals surface area contributed by atoms with Gasteiger partial charge in [-0.2, -0.15) is 0 Å². The maximum atomic E-state index is 5.67. The number of fused-ring (bicyclic) bond motifs is 2. The molecular formula is C16H21N3O2. The molecule has 1 aliphatic heterocycles. The van der Waals surface area contributed by atoms with Crippen LogP contribution in [0.25, 0.3) is 10.8 Å². The maximum absolute atomic E-state index is 5.67. The Morgan fingerprint density at radius 1 is 1.29 bits per heavy atom. The Balaban J connectivity index is 1.98. The molecule has 3 rings (SSSR count). The van der Waals surface area contributed by atoms with Crippen molar-refractivity contribution in [3.8, 4) is 11.5 Å². The molecule has 2 aromatic rings. The second-order valence-corrected chi connectivity index (χ2v) is 5.20. The normalized spacial score (nSPS) is 15.0. The third-order valence-corrected chi connectivity index (χ3v) is 3.78. The maximum Gasteiger partial charge on any atom is 0.162 e. The zero-order chi connectivity index (χ0) is 14.7. The van der Waals surface area contributed by atoms with E-state index in [1.54, 1.807) is 0 Å². The van der Waals surface area contributed by atoms with Gasteiger partial charge in [0.15, 0.2) is 11.5 Å². The van der Waals surface area contributed by atoms with Crippen molar-refractivity contribution < 1.29 is 9.47 Å². The highest BCUT2D eigenvalue weighted by molar-refractivity contribution is 5.94. The highest BCUT2D eigenvalue weighted by Gasteiger charge is 2.15. The average molecular weight is 287 g/mol. The van der Waals surface area contributed by atoms with Gasteiger partial charge < -0.3 is 20.5 Å². The van der Waals surface area contributed by atoms with Gasteiger partial charge in [0.2, 0.25) is 0 Å². The van der Waals surface area contributed by atoms with Gasteiger partial charge in [-0.05, 0) is 43.0 Å². The smallest absolute Gasteiger partial charge is 0.162 e. The monoisotopic (exact) mass is 287 g/mol. The number of ether oxygens (including phenoxy) is 2. The number of hydrogen-bond acceptors (Lipinski definition) is 5. The van der Waals surface area contributed by atoms with Crippen molar-refractivity contribution in [2.24, 2.45) is 5.73 Å². The molecule has 0 aliphatic carbocycles. The number of aromatic nitrogens is 1. The van der Waals surface area contributed by atoms with E-state index in [9.17, 15) is 0 Å². The van der Waals surface area contributed by atoms with Gasteiger partial charge in [-0.1, -0.05) is 6.92 Å². The Hall–Kier alpha value is -2.01. The summed E-state index contributed by atoms with van der Waals surface area (Å²) in [6.45, 7) is 4.01. The molecule has 1 aliphatic rings. The molecule has 112 valence electrons. The highest BCUT2D eigenvalue weighted by Crippen LogP contribution is 2.36. The predicted molar refractivity (Wildman–Crippen MR) is 84.1 cm³/mol. The molecule has 0 radical (unpaired) electrons. The van der Waals surface area contributed by atoms with Crippen molar-refractivity contribution in [1.82, 2.24) is 4.98 Å². The summed E-state index contributed by atoms with van der Waals surface area (Å²) in [5.74, 6) is 2.47. The van der Waals surface area contributed by atoms with E-state index in [2.05, 4.69) is 17.2 Å². The van der Waals surface area contributed by atoms with Crippen LogP contribution in [0.5, 0.6) is 11.5 Å². The molecule has 3 N–H and O–H groups in total. The number of nitrogens with zero attached hydrogens (tertiary/aromatic N) is 1. The topological polar surface area (TPSA) is 69.4 Å². The van der Waals surface area contributed by atoms with Gasteiger partial charge in [0.05, 0.1) is 0 Å². The quantitative estimate of drug-likeness (QED) is 0.884. The van der Waals surface area contributed by atoms with Crippen LogP contribution in [-0.2, 0) is 0 Å². The highest BCUT2D eigenvalue weighted by atomic mass is 16.6. The lowest BCUT2D eigenvalue weighted by Gasteiger charge is -2.21. The van der Waals surface area contributed by atoms with E-state index in [-0.39, 0.29) is 0 Å². The number of nitrogens with one attached hydrogen (secondary N) is 1. The van der Waals surface area contributed by atoms with Gasteiger partial charge in [0, 0.05) is 17.6 Å². The molecule has 0 amide bonds. The first-order chi connectivity index (χ1) is 10.3. The Bertz CT molecular complexity index is 630. The van der Waals surface area contributed by atoms with Crippen LogP contribution in [-0.4, -0.2) is 30.8 Å². The number of rotatable bonds is 5. The van der Waals surface area contributed by atoms with Crippen LogP contribution < -0.4 is 20.5 Å². The van der Waals surface area contributed by atoms with Crippen molar-refractivity contribution in [3.05, 3.63) is 24.4 Å². The van der Waals surface area contributed by atoms with E-state index in [1.807, 2.05) is 24.4 Å². The van der Waals surface area contributed by atoms with Gasteiger partial charge in [-0.3, -0.25) is 0 Å². The minimum absolute atomic E-state index is 0.335. The molecule has 5 nitrogen and oxygen atoms in total. The van der Waals surface area contributed by atoms with Crippen LogP contribution in [0, 0.1) is 0 Å². The summed E-state index contributed by atoms with van der Waals surface area (Å²) in [5.41, 5.74) is 5.67. The van der Waals surface area contributed by atoms with Gasteiger partial charge in [-0.15, -0.1) is 0 Å². The van der Waals surface area contributed by atoms with Crippen LogP contribution in [0.1, 0.15) is 19.8 Å². The molecule has 1 aromatic carbocycles. The molecule has 0 saturated heterocycles. The molecule has 1 unspecified atom stereocenters. The average Bonchev–Trinajstić information content (AvgIpc) is 2.53. The SMILES string of the molecule is CCC(CCN)Nc1nccc2cc3c(cc12)OCCO3. The summed E-state index contributed by atoms with van der Waals surface area (Å²) in [5, 5.41) is 5.64. The van der Waals surface area contributed by atoms with Crippen molar-refractivity contribution in [2.75, 3.05) is 25.1 Å². The minimum atomic E-state index is 0.335. The van der Waals surface area contributed by atoms with E-state index in [1.165, 1.54) is 0 Å². The fraction of sp³-hybridized carbons (Fsp3) is 0.438. The molecule has 0 saturated carbocycles. The lowest BCUT2D eigenvalue weighted by atomic mass is 10.1. The summed E-state index contributed by atoms with van der Waals surface area (Å²) >= 11 is 0. The van der Waals surface area contributed by atoms with E-state index < -0.39 is 0 Å². The Morgan fingerprint density at radius 3 is 2.76 bits per heavy atom. The summed E-state index contributed by atoms with van der Waals surface area (Å²) in [6, 6.07) is 6.35. The zero-order valence-electron chi connectivity index (χ0n) is 12.3. The van der Waals surface area contributed by atoms with Crippen molar-refractivity contribution in [2.45, 2.75) is 25.8 Å². The number of benzene rings is 1. The first kappa shape index (κ1) is 13.9. The fourth-order valence-electron chi connectivity index (χ4n) is 2.60. The second kappa shape index (κ2) is 6.18. The fourth-order valence-corrected chi connectivity index (χ4v) is 2.60. The summed E-state index contributed by atoms with van der Waals surface area (Å²) < 4.78 is 11.3. The Labute approximate surface area is 124 Å². The number of anilines is 1. The largest absolute Gasteiger partial charge is 0.486 e. The number of hydrogen-bond donors (Lipinski definition) is 2. The minimum Gasteiger partial charge on any atom is -0.486 e. The molecule has 2 heterocycles. The summed E-state index contributed by atoms with van der Waals surface area (Å²) in [4.78, 5) is 4.48. The van der Waals surface area contributed by atoms with Crippen LogP contribution >= 0.6 is 0 Å². The van der Waals surface area contributed by atoms with Gasteiger partial charge in [0.25, 0.3) is 0 Å². The molecule has 5 heteroatoms. The van der Waals surface area contributed by atoms with Crippen molar-refractivity contribution in [3.63, 3.8) is 0 Å². The van der Waals surface area contributed by atoms with Crippen molar-refractivity contribution >= 4 is 16.6 Å². The van der Waals surface area contributed by atoms with Gasteiger partial charge in [-0.25, -0.2) is 4.98 Å². The first-order valence-corrected chi connectivity index (χ1v) is 7.46. The van der Waals surface area contributed by atoms with Gasteiger partial charge >= 0.3 is 0 Å². The van der Waals surface area contributed by atoms with E-state index in [4.69, 9.17) is 15.2 Å². The van der Waals surface area contributed by atoms with Gasteiger partial charge in [0.1, 0.15) is 19.0 Å². The molecule has 21 heavy (non-hydrogen) atoms. The number of pyridine rings is 1. The first-order valence-electron chi connectivity index (χ1n) is 7.46. The number of nitrogens with two attached hydrogens (primary N) is 1. The molecular weight excluding hydrogens is 266 g/mol. The zero-order valence-corrected chi connectivity index (χ0v) is 12.3. The molecule has 0 bridgehead atoms. The van der Waals surface area contributed by atoms with Crippen LogP contribution in [0.3, 0.4) is 0 Å². The van der Waals surface area contributed by atoms with Crippen LogP contribution in [0.4, 0.5) is 5.82 Å². The predicted octanol–water partition coefficient (Wildman–Crippen LogP) is 2.55. The molecule has 1 aromatic heterocycles. The third kappa shape index (κ3) is 2.88. The lowest BCUT2D eigenvalue weighted by molar-refractivity contribution is 0.172. The summed E-state index contributed by atoms with van der Waals surface area (Å²) in [7, 11) is 0. The lowest BCUT2D eigenvalue weighted by Crippen LogP contribution is -2.23. The third-order valence-electron chi connectivity index (χ3n) is 3.78. The van der Waals surface area contributed by atoms with E-state index in [0.717, 1.165) is 40.9 Å². The van der Waals surface area contributed by atoms with E-state index >= 15 is 0 Å². The Morgan fingerprint density at radius 2 is 2.05 bits per heavy atom.